The average Bonchev–Trinajstić information content (AvgIpc) is 2.60. The van der Waals surface area contributed by atoms with Crippen LogP contribution in [0.1, 0.15) is 6.42 Å². The van der Waals surface area contributed by atoms with E-state index >= 15 is 0 Å². The fourth-order valence-electron chi connectivity index (χ4n) is 2.30. The van der Waals surface area contributed by atoms with E-state index < -0.39 is 0 Å². The van der Waals surface area contributed by atoms with Crippen molar-refractivity contribution in [3.63, 3.8) is 0 Å². The van der Waals surface area contributed by atoms with Crippen LogP contribution in [-0.2, 0) is 4.74 Å². The van der Waals surface area contributed by atoms with Crippen molar-refractivity contribution in [2.24, 2.45) is 4.99 Å². The van der Waals surface area contributed by atoms with Crippen molar-refractivity contribution in [3.05, 3.63) is 42.5 Å². The van der Waals surface area contributed by atoms with Gasteiger partial charge in [-0.2, -0.15) is 0 Å². The van der Waals surface area contributed by atoms with Gasteiger partial charge in [0.2, 0.25) is 0 Å². The van der Waals surface area contributed by atoms with E-state index in [1.165, 1.54) is 5.39 Å². The van der Waals surface area contributed by atoms with Gasteiger partial charge < -0.3 is 20.1 Å². The molecule has 0 aromatic heterocycles. The zero-order valence-corrected chi connectivity index (χ0v) is 16.6. The molecule has 6 heteroatoms. The number of halogens is 1. The number of benzene rings is 2. The number of hydrogen-bond acceptors (Lipinski definition) is 3. The Morgan fingerprint density at radius 3 is 2.54 bits per heavy atom. The monoisotopic (exact) mass is 443 g/mol. The molecule has 0 heterocycles. The fourth-order valence-corrected chi connectivity index (χ4v) is 2.30. The second-order valence-corrected chi connectivity index (χ2v) is 5.10. The SMILES string of the molecule is CN=C(NCCCOC)NCCOc1cccc2ccccc12.I. The molecule has 2 aromatic rings. The zero-order chi connectivity index (χ0) is 16.3. The van der Waals surface area contributed by atoms with E-state index in [4.69, 9.17) is 9.47 Å². The number of rotatable bonds is 8. The Bertz CT molecular complexity index is 629. The van der Waals surface area contributed by atoms with Crippen LogP contribution in [0.5, 0.6) is 5.75 Å². The third-order valence-corrected chi connectivity index (χ3v) is 3.44. The van der Waals surface area contributed by atoms with Gasteiger partial charge >= 0.3 is 0 Å². The summed E-state index contributed by atoms with van der Waals surface area (Å²) < 4.78 is 10.9. The average molecular weight is 443 g/mol. The summed E-state index contributed by atoms with van der Waals surface area (Å²) in [5.74, 6) is 1.69. The highest BCUT2D eigenvalue weighted by Crippen LogP contribution is 2.24. The number of aliphatic imine (C=N–C) groups is 1. The van der Waals surface area contributed by atoms with Crippen LogP contribution in [0, 0.1) is 0 Å². The molecule has 0 amide bonds. The summed E-state index contributed by atoms with van der Waals surface area (Å²) in [6.45, 7) is 2.84. The second-order valence-electron chi connectivity index (χ2n) is 5.10. The predicted octanol–water partition coefficient (Wildman–Crippen LogP) is 3.04. The normalized spacial score (nSPS) is 11.0. The molecular weight excluding hydrogens is 417 g/mol. The van der Waals surface area contributed by atoms with Gasteiger partial charge in [0, 0.05) is 32.7 Å². The lowest BCUT2D eigenvalue weighted by molar-refractivity contribution is 0.195. The molecular formula is C18H26IN3O2. The fraction of sp³-hybridized carbons (Fsp3) is 0.389. The highest BCUT2D eigenvalue weighted by Gasteiger charge is 2.01. The van der Waals surface area contributed by atoms with Crippen LogP contribution in [0.3, 0.4) is 0 Å². The van der Waals surface area contributed by atoms with Crippen molar-refractivity contribution < 1.29 is 9.47 Å². The summed E-state index contributed by atoms with van der Waals surface area (Å²) >= 11 is 0. The molecule has 2 rings (SSSR count). The number of hydrogen-bond donors (Lipinski definition) is 2. The van der Waals surface area contributed by atoms with E-state index in [0.29, 0.717) is 13.2 Å². The third-order valence-electron chi connectivity index (χ3n) is 3.44. The number of methoxy groups -OCH3 is 1. The van der Waals surface area contributed by atoms with Crippen molar-refractivity contribution in [2.45, 2.75) is 6.42 Å². The first-order valence-electron chi connectivity index (χ1n) is 7.89. The molecule has 0 aliphatic rings. The summed E-state index contributed by atoms with van der Waals surface area (Å²) in [6, 6.07) is 14.3. The molecule has 0 atom stereocenters. The molecule has 0 unspecified atom stereocenters. The second kappa shape index (κ2) is 11.9. The number of guanidine groups is 1. The van der Waals surface area contributed by atoms with E-state index in [2.05, 4.69) is 33.8 Å². The molecule has 0 spiro atoms. The van der Waals surface area contributed by atoms with Crippen LogP contribution in [0.25, 0.3) is 10.8 Å². The van der Waals surface area contributed by atoms with Crippen LogP contribution in [0.4, 0.5) is 0 Å². The smallest absolute Gasteiger partial charge is 0.191 e. The lowest BCUT2D eigenvalue weighted by Crippen LogP contribution is -2.39. The van der Waals surface area contributed by atoms with Gasteiger partial charge in [-0.3, -0.25) is 4.99 Å². The van der Waals surface area contributed by atoms with E-state index in [9.17, 15) is 0 Å². The van der Waals surface area contributed by atoms with Crippen LogP contribution >= 0.6 is 24.0 Å². The van der Waals surface area contributed by atoms with Gasteiger partial charge in [-0.25, -0.2) is 0 Å². The minimum Gasteiger partial charge on any atom is -0.491 e. The highest BCUT2D eigenvalue weighted by molar-refractivity contribution is 14.0. The lowest BCUT2D eigenvalue weighted by Gasteiger charge is -2.13. The summed E-state index contributed by atoms with van der Waals surface area (Å²) in [4.78, 5) is 4.18. The van der Waals surface area contributed by atoms with Crippen molar-refractivity contribution in [2.75, 3.05) is 40.5 Å². The zero-order valence-electron chi connectivity index (χ0n) is 14.2. The maximum absolute atomic E-state index is 5.89. The summed E-state index contributed by atoms with van der Waals surface area (Å²) in [5.41, 5.74) is 0. The van der Waals surface area contributed by atoms with Crippen LogP contribution in [0.15, 0.2) is 47.5 Å². The van der Waals surface area contributed by atoms with Crippen molar-refractivity contribution in [1.29, 1.82) is 0 Å². The first-order valence-corrected chi connectivity index (χ1v) is 7.89. The van der Waals surface area contributed by atoms with Gasteiger partial charge in [0.05, 0.1) is 6.54 Å². The minimum atomic E-state index is 0. The Morgan fingerprint density at radius 1 is 1.00 bits per heavy atom. The first-order chi connectivity index (χ1) is 11.3. The molecule has 0 fully saturated rings. The molecule has 0 bridgehead atoms. The van der Waals surface area contributed by atoms with Crippen molar-refractivity contribution in [3.8, 4) is 5.75 Å². The van der Waals surface area contributed by atoms with E-state index in [-0.39, 0.29) is 24.0 Å². The maximum atomic E-state index is 5.89. The topological polar surface area (TPSA) is 54.9 Å². The Hall–Kier alpha value is -1.54. The lowest BCUT2D eigenvalue weighted by atomic mass is 10.1. The van der Waals surface area contributed by atoms with Crippen LogP contribution in [-0.4, -0.2) is 46.4 Å². The third kappa shape index (κ3) is 6.52. The Balaban J connectivity index is 0.00000288. The molecule has 2 N–H and O–H groups in total. The Kier molecular flexibility index (Phi) is 10.2. The Labute approximate surface area is 160 Å². The molecule has 2 aromatic carbocycles. The molecule has 24 heavy (non-hydrogen) atoms. The first kappa shape index (κ1) is 20.5. The van der Waals surface area contributed by atoms with Crippen molar-refractivity contribution >= 4 is 40.7 Å². The standard InChI is InChI=1S/C18H25N3O2.HI/c1-19-18(20-11-6-13-22-2)21-12-14-23-17-10-5-8-15-7-3-4-9-16(15)17;/h3-5,7-10H,6,11-14H2,1-2H3,(H2,19,20,21);1H. The van der Waals surface area contributed by atoms with Gasteiger partial charge in [0.1, 0.15) is 12.4 Å². The number of nitrogens with zero attached hydrogens (tertiary/aromatic N) is 1. The number of fused-ring (bicyclic) bond motifs is 1. The van der Waals surface area contributed by atoms with Gasteiger partial charge in [-0.1, -0.05) is 36.4 Å². The summed E-state index contributed by atoms with van der Waals surface area (Å²) in [7, 11) is 3.47. The minimum absolute atomic E-state index is 0. The molecule has 0 radical (unpaired) electrons. The maximum Gasteiger partial charge on any atom is 0.191 e. The van der Waals surface area contributed by atoms with Gasteiger partial charge in [0.25, 0.3) is 0 Å². The number of nitrogens with one attached hydrogen (secondary N) is 2. The van der Waals surface area contributed by atoms with Gasteiger partial charge in [-0.15, -0.1) is 24.0 Å². The largest absolute Gasteiger partial charge is 0.491 e. The van der Waals surface area contributed by atoms with Crippen LogP contribution < -0.4 is 15.4 Å². The van der Waals surface area contributed by atoms with Gasteiger partial charge in [0.15, 0.2) is 5.96 Å². The van der Waals surface area contributed by atoms with E-state index in [1.807, 2.05) is 24.3 Å². The molecule has 0 aliphatic carbocycles. The summed E-state index contributed by atoms with van der Waals surface area (Å²) in [5, 5.41) is 8.80. The van der Waals surface area contributed by atoms with Crippen molar-refractivity contribution in [1.82, 2.24) is 10.6 Å². The van der Waals surface area contributed by atoms with Crippen LogP contribution in [0.2, 0.25) is 0 Å². The Morgan fingerprint density at radius 2 is 1.75 bits per heavy atom. The van der Waals surface area contributed by atoms with E-state index in [0.717, 1.165) is 36.7 Å². The molecule has 132 valence electrons. The molecule has 0 saturated carbocycles. The van der Waals surface area contributed by atoms with E-state index in [1.54, 1.807) is 14.2 Å². The molecule has 5 nitrogen and oxygen atoms in total. The van der Waals surface area contributed by atoms with Gasteiger partial charge in [-0.05, 0) is 17.9 Å². The quantitative estimate of drug-likeness (QED) is 0.285. The molecule has 0 saturated heterocycles. The molecule has 0 aliphatic heterocycles. The highest BCUT2D eigenvalue weighted by atomic mass is 127. The number of ether oxygens (including phenoxy) is 2. The summed E-state index contributed by atoms with van der Waals surface area (Å²) in [6.07, 6.45) is 0.948. The predicted molar refractivity (Wildman–Crippen MR) is 111 cm³/mol.